The minimum Gasteiger partial charge on any atom is -0.294 e. The van der Waals surface area contributed by atoms with Crippen molar-refractivity contribution in [3.05, 3.63) is 126 Å². The zero-order chi connectivity index (χ0) is 28.7. The lowest BCUT2D eigenvalue weighted by atomic mass is 10.1. The molecule has 0 aliphatic carbocycles. The van der Waals surface area contributed by atoms with Crippen molar-refractivity contribution in [1.82, 2.24) is 14.1 Å². The molecule has 0 fully saturated rings. The van der Waals surface area contributed by atoms with Gasteiger partial charge < -0.3 is 0 Å². The van der Waals surface area contributed by atoms with Gasteiger partial charge in [-0.2, -0.15) is 10.5 Å². The van der Waals surface area contributed by atoms with Crippen LogP contribution in [0.5, 0.6) is 0 Å². The zero-order valence-corrected chi connectivity index (χ0v) is 23.4. The van der Waals surface area contributed by atoms with Gasteiger partial charge in [-0.1, -0.05) is 48.5 Å². The van der Waals surface area contributed by atoms with Crippen LogP contribution in [-0.4, -0.2) is 14.1 Å². The molecule has 0 spiro atoms. The molecule has 9 rings (SSSR count). The van der Waals surface area contributed by atoms with Gasteiger partial charge in [0.25, 0.3) is 0 Å². The SMILES string of the molecule is N#Cc1ccc2c(c1)c1cc(C#N)ccc1n2-c1cccc(-n2c3ccccc3c3ccc4sc5ccccc5c4c32)n1. The van der Waals surface area contributed by atoms with Crippen molar-refractivity contribution in [3.63, 3.8) is 0 Å². The average Bonchev–Trinajstić information content (AvgIpc) is 3.71. The molecule has 0 bridgehead atoms. The lowest BCUT2D eigenvalue weighted by Crippen LogP contribution is -2.03. The van der Waals surface area contributed by atoms with Gasteiger partial charge in [0.2, 0.25) is 0 Å². The van der Waals surface area contributed by atoms with E-state index in [2.05, 4.69) is 94.1 Å². The largest absolute Gasteiger partial charge is 0.294 e. The molecule has 6 heteroatoms. The standard InChI is InChI=1S/C37H19N5S/c38-20-22-12-15-30-27(18-22)28-19-23(21-39)13-16-31(28)41(30)34-10-5-11-35(40-34)42-29-8-3-1-6-24(29)25-14-17-33-36(37(25)42)26-7-2-4-9-32(26)43-33/h1-19H. The molecule has 0 radical (unpaired) electrons. The van der Waals surface area contributed by atoms with Gasteiger partial charge in [-0.05, 0) is 66.7 Å². The summed E-state index contributed by atoms with van der Waals surface area (Å²) < 4.78 is 6.94. The topological polar surface area (TPSA) is 70.3 Å². The van der Waals surface area contributed by atoms with E-state index in [1.807, 2.05) is 53.8 Å². The van der Waals surface area contributed by atoms with E-state index in [0.29, 0.717) is 11.1 Å². The summed E-state index contributed by atoms with van der Waals surface area (Å²) in [5, 5.41) is 25.9. The first-order chi connectivity index (χ1) is 21.2. The van der Waals surface area contributed by atoms with Crippen molar-refractivity contribution in [3.8, 4) is 23.8 Å². The molecule has 0 atom stereocenters. The number of hydrogen-bond acceptors (Lipinski definition) is 4. The Balaban J connectivity index is 1.39. The zero-order valence-electron chi connectivity index (χ0n) is 22.6. The van der Waals surface area contributed by atoms with Crippen LogP contribution in [0, 0.1) is 22.7 Å². The van der Waals surface area contributed by atoms with Crippen LogP contribution in [0.2, 0.25) is 0 Å². The Morgan fingerprint density at radius 1 is 0.512 bits per heavy atom. The molecule has 4 heterocycles. The third kappa shape index (κ3) is 3.27. The number of fused-ring (bicyclic) bond motifs is 10. The van der Waals surface area contributed by atoms with E-state index in [4.69, 9.17) is 4.98 Å². The average molecular weight is 566 g/mol. The number of nitrogens with zero attached hydrogens (tertiary/aromatic N) is 5. The number of nitriles is 2. The first-order valence-corrected chi connectivity index (χ1v) is 14.7. The van der Waals surface area contributed by atoms with E-state index < -0.39 is 0 Å². The Bertz CT molecular complexity index is 2640. The van der Waals surface area contributed by atoms with E-state index in [0.717, 1.165) is 44.5 Å². The van der Waals surface area contributed by atoms with Crippen LogP contribution >= 0.6 is 11.3 Å². The summed E-state index contributed by atoms with van der Waals surface area (Å²) in [5.41, 5.74) is 5.27. The molecule has 43 heavy (non-hydrogen) atoms. The van der Waals surface area contributed by atoms with Crippen molar-refractivity contribution in [2.75, 3.05) is 0 Å². The predicted octanol–water partition coefficient (Wildman–Crippen LogP) is 9.39. The fourth-order valence-corrected chi connectivity index (χ4v) is 7.68. The van der Waals surface area contributed by atoms with E-state index in [1.165, 1.54) is 30.9 Å². The molecule has 0 saturated heterocycles. The van der Waals surface area contributed by atoms with E-state index in [1.54, 1.807) is 0 Å². The highest BCUT2D eigenvalue weighted by Crippen LogP contribution is 2.43. The Kier molecular flexibility index (Phi) is 4.84. The van der Waals surface area contributed by atoms with Crippen LogP contribution in [-0.2, 0) is 0 Å². The molecule has 0 aliphatic rings. The highest BCUT2D eigenvalue weighted by Gasteiger charge is 2.20. The van der Waals surface area contributed by atoms with Crippen molar-refractivity contribution in [2.45, 2.75) is 0 Å². The maximum absolute atomic E-state index is 9.61. The maximum Gasteiger partial charge on any atom is 0.140 e. The number of hydrogen-bond donors (Lipinski definition) is 0. The quantitative estimate of drug-likeness (QED) is 0.210. The van der Waals surface area contributed by atoms with Gasteiger partial charge in [-0.15, -0.1) is 11.3 Å². The van der Waals surface area contributed by atoms with Crippen LogP contribution in [0.15, 0.2) is 115 Å². The lowest BCUT2D eigenvalue weighted by Gasteiger charge is -2.12. The number of pyridine rings is 1. The molecule has 9 aromatic rings. The Morgan fingerprint density at radius 3 is 1.86 bits per heavy atom. The molecule has 0 aliphatic heterocycles. The summed E-state index contributed by atoms with van der Waals surface area (Å²) in [7, 11) is 0. The van der Waals surface area contributed by atoms with Crippen molar-refractivity contribution < 1.29 is 0 Å². The van der Waals surface area contributed by atoms with Crippen LogP contribution in [0.3, 0.4) is 0 Å². The minimum absolute atomic E-state index is 0.577. The molecule has 4 aromatic heterocycles. The van der Waals surface area contributed by atoms with Crippen molar-refractivity contribution in [2.24, 2.45) is 0 Å². The second-order valence-electron chi connectivity index (χ2n) is 10.7. The predicted molar refractivity (Wildman–Crippen MR) is 175 cm³/mol. The number of para-hydroxylation sites is 1. The molecule has 5 nitrogen and oxygen atoms in total. The van der Waals surface area contributed by atoms with Gasteiger partial charge in [0.15, 0.2) is 0 Å². The molecule has 0 N–H and O–H groups in total. The van der Waals surface area contributed by atoms with Gasteiger partial charge in [0.05, 0.1) is 45.3 Å². The van der Waals surface area contributed by atoms with Gasteiger partial charge in [-0.3, -0.25) is 9.13 Å². The van der Waals surface area contributed by atoms with E-state index >= 15 is 0 Å². The molecular weight excluding hydrogens is 547 g/mol. The van der Waals surface area contributed by atoms with E-state index in [9.17, 15) is 10.5 Å². The van der Waals surface area contributed by atoms with Crippen LogP contribution in [0.25, 0.3) is 75.4 Å². The third-order valence-corrected chi connectivity index (χ3v) is 9.51. The second kappa shape index (κ2) is 8.77. The fourth-order valence-electron chi connectivity index (χ4n) is 6.57. The Labute approximate surface area is 249 Å². The summed E-state index contributed by atoms with van der Waals surface area (Å²) in [6.45, 7) is 0. The number of rotatable bonds is 2. The highest BCUT2D eigenvalue weighted by molar-refractivity contribution is 7.26. The molecular formula is C37H19N5S. The van der Waals surface area contributed by atoms with E-state index in [-0.39, 0.29) is 0 Å². The second-order valence-corrected chi connectivity index (χ2v) is 11.7. The third-order valence-electron chi connectivity index (χ3n) is 8.38. The number of thiophene rings is 1. The Hall–Kier alpha value is -5.95. The summed E-state index contributed by atoms with van der Waals surface area (Å²) in [5.74, 6) is 1.59. The van der Waals surface area contributed by atoms with Crippen molar-refractivity contribution >= 4 is 75.1 Å². The monoisotopic (exact) mass is 565 g/mol. The summed E-state index contributed by atoms with van der Waals surface area (Å²) >= 11 is 1.82. The van der Waals surface area contributed by atoms with Crippen LogP contribution in [0.1, 0.15) is 11.1 Å². The molecule has 198 valence electrons. The number of aromatic nitrogens is 3. The van der Waals surface area contributed by atoms with Gasteiger partial charge in [0, 0.05) is 41.7 Å². The first kappa shape index (κ1) is 23.7. The minimum atomic E-state index is 0.577. The molecule has 5 aromatic carbocycles. The highest BCUT2D eigenvalue weighted by atomic mass is 32.1. The molecule has 0 amide bonds. The maximum atomic E-state index is 9.61. The van der Waals surface area contributed by atoms with Crippen LogP contribution in [0.4, 0.5) is 0 Å². The smallest absolute Gasteiger partial charge is 0.140 e. The molecule has 0 unspecified atom stereocenters. The number of benzene rings is 5. The van der Waals surface area contributed by atoms with Gasteiger partial charge >= 0.3 is 0 Å². The first-order valence-electron chi connectivity index (χ1n) is 13.9. The lowest BCUT2D eigenvalue weighted by molar-refractivity contribution is 1.02. The van der Waals surface area contributed by atoms with Crippen molar-refractivity contribution in [1.29, 1.82) is 10.5 Å². The normalized spacial score (nSPS) is 11.7. The van der Waals surface area contributed by atoms with Crippen LogP contribution < -0.4 is 0 Å². The fraction of sp³-hybridized carbons (Fsp3) is 0. The summed E-state index contributed by atoms with van der Waals surface area (Å²) in [6.07, 6.45) is 0. The van der Waals surface area contributed by atoms with Gasteiger partial charge in [0.1, 0.15) is 11.6 Å². The molecule has 0 saturated carbocycles. The summed E-state index contributed by atoms with van der Waals surface area (Å²) in [6, 6.07) is 43.6. The summed E-state index contributed by atoms with van der Waals surface area (Å²) in [4.78, 5) is 5.31. The Morgan fingerprint density at radius 2 is 1.14 bits per heavy atom. The van der Waals surface area contributed by atoms with Gasteiger partial charge in [-0.25, -0.2) is 4.98 Å².